The molecule has 1 heterocycles. The van der Waals surface area contributed by atoms with Crippen LogP contribution in [0.4, 0.5) is 4.39 Å². The van der Waals surface area contributed by atoms with Gasteiger partial charge in [0.25, 0.3) is 0 Å². The van der Waals surface area contributed by atoms with Gasteiger partial charge < -0.3 is 4.74 Å². The van der Waals surface area contributed by atoms with Gasteiger partial charge in [0.05, 0.1) is 7.11 Å². The zero-order chi connectivity index (χ0) is 13.3. The summed E-state index contributed by atoms with van der Waals surface area (Å²) in [4.78, 5) is 7.70. The largest absolute Gasteiger partial charge is 0.497 e. The average molecular weight is 352 g/mol. The second-order valence-electron chi connectivity index (χ2n) is 3.29. The molecule has 0 radical (unpaired) electrons. The van der Waals surface area contributed by atoms with E-state index in [0.29, 0.717) is 11.3 Å². The van der Waals surface area contributed by atoms with Gasteiger partial charge in [-0.15, -0.1) is 0 Å². The number of nitrogens with zero attached hydrogens (tertiary/aromatic N) is 2. The van der Waals surface area contributed by atoms with E-state index in [4.69, 9.17) is 27.9 Å². The minimum Gasteiger partial charge on any atom is -0.497 e. The summed E-state index contributed by atoms with van der Waals surface area (Å²) >= 11 is 14.6. The van der Waals surface area contributed by atoms with Crippen molar-refractivity contribution in [1.82, 2.24) is 9.97 Å². The number of rotatable bonds is 2. The van der Waals surface area contributed by atoms with Crippen LogP contribution in [0, 0.1) is 5.82 Å². The van der Waals surface area contributed by atoms with E-state index in [-0.39, 0.29) is 16.1 Å². The molecule has 0 aliphatic heterocycles. The first-order valence-electron chi connectivity index (χ1n) is 4.75. The Bertz CT molecular complexity index is 587. The molecule has 2 rings (SSSR count). The van der Waals surface area contributed by atoms with Gasteiger partial charge in [0.1, 0.15) is 5.75 Å². The third-order valence-corrected chi connectivity index (χ3v) is 3.38. The van der Waals surface area contributed by atoms with Crippen LogP contribution >= 0.6 is 39.1 Å². The quantitative estimate of drug-likeness (QED) is 0.754. The molecule has 0 amide bonds. The van der Waals surface area contributed by atoms with E-state index in [1.54, 1.807) is 25.3 Å². The van der Waals surface area contributed by atoms with Gasteiger partial charge in [0.15, 0.2) is 21.9 Å². The zero-order valence-corrected chi connectivity index (χ0v) is 12.1. The van der Waals surface area contributed by atoms with E-state index in [1.165, 1.54) is 0 Å². The predicted octanol–water partition coefficient (Wildman–Crippen LogP) is 4.36. The van der Waals surface area contributed by atoms with Crippen LogP contribution in [0.15, 0.2) is 22.7 Å². The van der Waals surface area contributed by atoms with Crippen molar-refractivity contribution < 1.29 is 9.13 Å². The van der Waals surface area contributed by atoms with Crippen LogP contribution in [0.2, 0.25) is 10.3 Å². The number of benzene rings is 1. The lowest BCUT2D eigenvalue weighted by molar-refractivity contribution is 0.415. The molecule has 0 saturated heterocycles. The third kappa shape index (κ3) is 2.58. The molecule has 7 heteroatoms. The molecule has 0 aliphatic rings. The number of halogens is 4. The minimum absolute atomic E-state index is 0.220. The van der Waals surface area contributed by atoms with E-state index in [2.05, 4.69) is 25.9 Å². The van der Waals surface area contributed by atoms with Gasteiger partial charge in [0.2, 0.25) is 0 Å². The lowest BCUT2D eigenvalue weighted by Crippen LogP contribution is -1.96. The highest BCUT2D eigenvalue weighted by Gasteiger charge is 2.14. The maximum atomic E-state index is 13.2. The minimum atomic E-state index is -0.832. The van der Waals surface area contributed by atoms with Crippen LogP contribution in [0.3, 0.4) is 0 Å². The molecule has 0 bridgehead atoms. The standard InChI is InChI=1S/C11H6BrCl2FN2O/c1-18-5-2-3-7(12)6(4-5)11-16-9(13)8(15)10(14)17-11/h2-4H,1H3. The Morgan fingerprint density at radius 3 is 2.39 bits per heavy atom. The molecule has 1 aromatic heterocycles. The van der Waals surface area contributed by atoms with Crippen LogP contribution in [-0.2, 0) is 0 Å². The Morgan fingerprint density at radius 1 is 1.22 bits per heavy atom. The van der Waals surface area contributed by atoms with E-state index in [0.717, 1.165) is 4.47 Å². The van der Waals surface area contributed by atoms with Gasteiger partial charge in [0, 0.05) is 10.0 Å². The van der Waals surface area contributed by atoms with E-state index >= 15 is 0 Å². The Balaban J connectivity index is 2.61. The topological polar surface area (TPSA) is 35.0 Å². The molecule has 2 aromatic rings. The number of hydrogen-bond acceptors (Lipinski definition) is 3. The number of methoxy groups -OCH3 is 1. The number of aromatic nitrogens is 2. The molecule has 94 valence electrons. The average Bonchev–Trinajstić information content (AvgIpc) is 2.36. The fourth-order valence-electron chi connectivity index (χ4n) is 1.32. The van der Waals surface area contributed by atoms with Crippen LogP contribution in [0.25, 0.3) is 11.4 Å². The van der Waals surface area contributed by atoms with Crippen molar-refractivity contribution in [3.05, 3.63) is 38.8 Å². The molecule has 0 unspecified atom stereocenters. The molecule has 0 spiro atoms. The number of hydrogen-bond donors (Lipinski definition) is 0. The molecule has 0 saturated carbocycles. The maximum absolute atomic E-state index is 13.2. The lowest BCUT2D eigenvalue weighted by Gasteiger charge is -2.07. The van der Waals surface area contributed by atoms with Crippen molar-refractivity contribution in [3.63, 3.8) is 0 Å². The van der Waals surface area contributed by atoms with Gasteiger partial charge in [-0.1, -0.05) is 39.1 Å². The Morgan fingerprint density at radius 2 is 1.83 bits per heavy atom. The van der Waals surface area contributed by atoms with Crippen molar-refractivity contribution in [3.8, 4) is 17.1 Å². The maximum Gasteiger partial charge on any atom is 0.197 e. The molecule has 3 nitrogen and oxygen atoms in total. The molecule has 18 heavy (non-hydrogen) atoms. The zero-order valence-electron chi connectivity index (χ0n) is 9.05. The highest BCUT2D eigenvalue weighted by atomic mass is 79.9. The first-order valence-corrected chi connectivity index (χ1v) is 6.30. The molecule has 0 atom stereocenters. The van der Waals surface area contributed by atoms with E-state index in [1.807, 2.05) is 0 Å². The van der Waals surface area contributed by atoms with Crippen LogP contribution < -0.4 is 4.74 Å². The summed E-state index contributed by atoms with van der Waals surface area (Å²) in [5.41, 5.74) is 0.609. The monoisotopic (exact) mass is 350 g/mol. The Labute approximate surface area is 121 Å². The summed E-state index contributed by atoms with van der Waals surface area (Å²) in [5.74, 6) is 0.00615. The first kappa shape index (κ1) is 13.5. The summed E-state index contributed by atoms with van der Waals surface area (Å²) in [6, 6.07) is 5.23. The Hall–Kier alpha value is -0.910. The van der Waals surface area contributed by atoms with Crippen LogP contribution in [0.5, 0.6) is 5.75 Å². The molecular weight excluding hydrogens is 346 g/mol. The van der Waals surface area contributed by atoms with Gasteiger partial charge in [-0.25, -0.2) is 14.4 Å². The summed E-state index contributed by atoms with van der Waals surface area (Å²) in [5, 5.41) is -0.639. The normalized spacial score (nSPS) is 10.5. The molecule has 0 aliphatic carbocycles. The van der Waals surface area contributed by atoms with Gasteiger partial charge in [-0.3, -0.25) is 0 Å². The first-order chi connectivity index (χ1) is 8.52. The molecule has 1 aromatic carbocycles. The summed E-state index contributed by atoms with van der Waals surface area (Å²) < 4.78 is 19.1. The van der Waals surface area contributed by atoms with Crippen molar-refractivity contribution in [2.75, 3.05) is 7.11 Å². The lowest BCUT2D eigenvalue weighted by atomic mass is 10.2. The van der Waals surface area contributed by atoms with Gasteiger partial charge >= 0.3 is 0 Å². The number of ether oxygens (including phenoxy) is 1. The Kier molecular flexibility index (Phi) is 4.04. The van der Waals surface area contributed by atoms with Gasteiger partial charge in [-0.05, 0) is 18.2 Å². The van der Waals surface area contributed by atoms with E-state index < -0.39 is 5.82 Å². The third-order valence-electron chi connectivity index (χ3n) is 2.18. The summed E-state index contributed by atoms with van der Waals surface area (Å²) in [6.07, 6.45) is 0. The van der Waals surface area contributed by atoms with Crippen molar-refractivity contribution in [1.29, 1.82) is 0 Å². The molecular formula is C11H6BrCl2FN2O. The SMILES string of the molecule is COc1ccc(Br)c(-c2nc(Cl)c(F)c(Cl)n2)c1. The highest BCUT2D eigenvalue weighted by molar-refractivity contribution is 9.10. The smallest absolute Gasteiger partial charge is 0.197 e. The second kappa shape index (κ2) is 5.38. The summed E-state index contributed by atoms with van der Waals surface area (Å²) in [7, 11) is 1.54. The van der Waals surface area contributed by atoms with Crippen molar-refractivity contribution >= 4 is 39.1 Å². The fourth-order valence-corrected chi connectivity index (χ4v) is 2.13. The second-order valence-corrected chi connectivity index (χ2v) is 4.86. The van der Waals surface area contributed by atoms with E-state index in [9.17, 15) is 4.39 Å². The molecule has 0 fully saturated rings. The van der Waals surface area contributed by atoms with Crippen LogP contribution in [0.1, 0.15) is 0 Å². The molecule has 0 N–H and O–H groups in total. The summed E-state index contributed by atoms with van der Waals surface area (Å²) in [6.45, 7) is 0. The van der Waals surface area contributed by atoms with Gasteiger partial charge in [-0.2, -0.15) is 0 Å². The van der Waals surface area contributed by atoms with Crippen molar-refractivity contribution in [2.45, 2.75) is 0 Å². The fraction of sp³-hybridized carbons (Fsp3) is 0.0909. The predicted molar refractivity (Wildman–Crippen MR) is 71.7 cm³/mol. The van der Waals surface area contributed by atoms with Crippen LogP contribution in [-0.4, -0.2) is 17.1 Å². The van der Waals surface area contributed by atoms with Crippen molar-refractivity contribution in [2.24, 2.45) is 0 Å². The highest BCUT2D eigenvalue weighted by Crippen LogP contribution is 2.31.